The van der Waals surface area contributed by atoms with Crippen molar-refractivity contribution >= 4 is 79.8 Å². The normalized spacial score (nSPS) is 10.7. The summed E-state index contributed by atoms with van der Waals surface area (Å²) < 4.78 is 12.1. The van der Waals surface area contributed by atoms with Crippen LogP contribution in [0, 0.1) is 21.0 Å². The Kier molecular flexibility index (Phi) is 11.5. The largest absolute Gasteiger partial charge is 0.504 e. The molecular weight excluding hydrogens is 910 g/mol. The van der Waals surface area contributed by atoms with Gasteiger partial charge in [-0.3, -0.25) is 9.59 Å². The molecule has 0 aliphatic carbocycles. The molecule has 2 heterocycles. The fourth-order valence-corrected chi connectivity index (χ4v) is 8.02. The van der Waals surface area contributed by atoms with Gasteiger partial charge in [-0.1, -0.05) is 22.7 Å². The van der Waals surface area contributed by atoms with Crippen LogP contribution < -0.4 is 9.47 Å². The minimum absolute atomic E-state index is 0.165. The van der Waals surface area contributed by atoms with Crippen LogP contribution in [0.5, 0.6) is 34.5 Å². The number of esters is 2. The number of nitrogens with zero attached hydrogens (tertiary/aromatic N) is 4. The summed E-state index contributed by atoms with van der Waals surface area (Å²) in [4.78, 5) is 22.7. The highest BCUT2D eigenvalue weighted by atomic mass is 127. The SMILES string of the molecule is CC(=O)Oc1ccc(-c2nnc(-c3cc(C)c(C)cc3I)s2)cc1OC(C)=O.Oc1ccc(-c2nnc(-c3cc(O)c(O)cc3I)s2)cc1O. The molecule has 0 fully saturated rings. The molecule has 6 rings (SSSR count). The number of carbonyl (C=O) groups excluding carboxylic acids is 2. The zero-order chi connectivity index (χ0) is 36.3. The third-order valence-corrected chi connectivity index (χ3v) is 10.7. The van der Waals surface area contributed by atoms with Crippen LogP contribution in [0.1, 0.15) is 25.0 Å². The maximum Gasteiger partial charge on any atom is 0.308 e. The standard InChI is InChI=1S/C20H17IN2O4S.C14H9IN2O4S/c1-10-7-15(16(21)8-11(10)2)20-23-22-19(28-20)14-5-6-17(26-12(3)24)18(9-14)27-13(4)25;15-8-5-12(21)11(20)4-7(8)14-17-16-13(22-14)6-1-2-9(18)10(19)3-6/h5-9H,1-4H3;1-5,18-21H. The number of hydrogen-bond donors (Lipinski definition) is 4. The molecule has 0 spiro atoms. The number of carbonyl (C=O) groups is 2. The number of aromatic hydroxyl groups is 4. The Labute approximate surface area is 320 Å². The second-order valence-corrected chi connectivity index (χ2v) is 14.9. The molecule has 0 amide bonds. The first-order valence-electron chi connectivity index (χ1n) is 14.4. The molecule has 0 saturated carbocycles. The van der Waals surface area contributed by atoms with E-state index in [0.29, 0.717) is 26.1 Å². The van der Waals surface area contributed by atoms with Gasteiger partial charge in [0.1, 0.15) is 20.0 Å². The molecule has 4 aromatic carbocycles. The van der Waals surface area contributed by atoms with Crippen LogP contribution in [0.25, 0.3) is 42.3 Å². The Morgan fingerprint density at radius 3 is 1.62 bits per heavy atom. The van der Waals surface area contributed by atoms with Crippen molar-refractivity contribution in [3.05, 3.63) is 78.9 Å². The number of phenols is 4. The first-order chi connectivity index (χ1) is 23.7. The molecule has 0 atom stereocenters. The van der Waals surface area contributed by atoms with Crippen molar-refractivity contribution in [3.8, 4) is 76.8 Å². The average molecular weight is 937 g/mol. The van der Waals surface area contributed by atoms with E-state index in [4.69, 9.17) is 9.47 Å². The van der Waals surface area contributed by atoms with Gasteiger partial charge in [0.05, 0.1) is 0 Å². The summed E-state index contributed by atoms with van der Waals surface area (Å²) in [6, 6.07) is 16.5. The van der Waals surface area contributed by atoms with Gasteiger partial charge in [-0.05, 0) is 131 Å². The Hall–Kier alpha value is -4.40. The first kappa shape index (κ1) is 36.9. The molecule has 0 aliphatic heterocycles. The van der Waals surface area contributed by atoms with Gasteiger partial charge in [0, 0.05) is 43.2 Å². The summed E-state index contributed by atoms with van der Waals surface area (Å²) in [5.41, 5.74) is 5.44. The predicted molar refractivity (Wildman–Crippen MR) is 206 cm³/mol. The molecule has 0 saturated heterocycles. The summed E-state index contributed by atoms with van der Waals surface area (Å²) in [7, 11) is 0. The second kappa shape index (κ2) is 15.7. The van der Waals surface area contributed by atoms with Gasteiger partial charge < -0.3 is 29.9 Å². The maximum atomic E-state index is 11.4. The van der Waals surface area contributed by atoms with Gasteiger partial charge in [-0.2, -0.15) is 0 Å². The lowest BCUT2D eigenvalue weighted by Gasteiger charge is -2.09. The van der Waals surface area contributed by atoms with Crippen LogP contribution in [-0.2, 0) is 9.59 Å². The van der Waals surface area contributed by atoms with E-state index in [1.165, 1.54) is 71.9 Å². The van der Waals surface area contributed by atoms with E-state index in [2.05, 4.69) is 69.0 Å². The van der Waals surface area contributed by atoms with E-state index < -0.39 is 11.9 Å². The molecule has 6 aromatic rings. The fourth-order valence-electron chi connectivity index (χ4n) is 4.33. The van der Waals surface area contributed by atoms with Crippen molar-refractivity contribution in [3.63, 3.8) is 0 Å². The second-order valence-electron chi connectivity index (χ2n) is 10.6. The third kappa shape index (κ3) is 8.66. The van der Waals surface area contributed by atoms with E-state index >= 15 is 0 Å². The first-order valence-corrected chi connectivity index (χ1v) is 18.2. The molecular formula is C34H26I2N4O8S2. The van der Waals surface area contributed by atoms with Crippen molar-refractivity contribution in [2.45, 2.75) is 27.7 Å². The number of aromatic nitrogens is 4. The zero-order valence-corrected chi connectivity index (χ0v) is 32.5. The smallest absolute Gasteiger partial charge is 0.308 e. The van der Waals surface area contributed by atoms with Crippen LogP contribution in [-0.4, -0.2) is 52.8 Å². The fraction of sp³-hybridized carbons (Fsp3) is 0.118. The van der Waals surface area contributed by atoms with Crippen molar-refractivity contribution in [1.82, 2.24) is 20.4 Å². The molecule has 4 N–H and O–H groups in total. The number of phenolic OH excluding ortho intramolecular Hbond substituents is 4. The highest BCUT2D eigenvalue weighted by Crippen LogP contribution is 2.40. The van der Waals surface area contributed by atoms with Crippen LogP contribution in [0.15, 0.2) is 60.7 Å². The lowest BCUT2D eigenvalue weighted by atomic mass is 10.1. The molecule has 12 nitrogen and oxygen atoms in total. The van der Waals surface area contributed by atoms with E-state index in [0.717, 1.165) is 23.3 Å². The van der Waals surface area contributed by atoms with Gasteiger partial charge >= 0.3 is 11.9 Å². The zero-order valence-electron chi connectivity index (χ0n) is 26.6. The van der Waals surface area contributed by atoms with Crippen molar-refractivity contribution in [1.29, 1.82) is 0 Å². The Bertz CT molecular complexity index is 2260. The highest BCUT2D eigenvalue weighted by molar-refractivity contribution is 14.1. The number of hydrogen-bond acceptors (Lipinski definition) is 14. The van der Waals surface area contributed by atoms with Crippen LogP contribution in [0.2, 0.25) is 0 Å². The van der Waals surface area contributed by atoms with Gasteiger partial charge in [-0.25, -0.2) is 0 Å². The van der Waals surface area contributed by atoms with Gasteiger partial charge in [-0.15, -0.1) is 20.4 Å². The van der Waals surface area contributed by atoms with Crippen molar-refractivity contribution in [2.24, 2.45) is 0 Å². The number of rotatable bonds is 6. The molecule has 256 valence electrons. The third-order valence-electron chi connectivity index (χ3n) is 6.88. The molecule has 0 bridgehead atoms. The molecule has 0 radical (unpaired) electrons. The number of halogens is 2. The number of benzene rings is 4. The molecule has 16 heteroatoms. The summed E-state index contributed by atoms with van der Waals surface area (Å²) in [6.45, 7) is 6.71. The predicted octanol–water partition coefficient (Wildman–Crippen LogP) is 8.24. The molecule has 2 aromatic heterocycles. The topological polar surface area (TPSA) is 185 Å². The van der Waals surface area contributed by atoms with Gasteiger partial charge in [0.25, 0.3) is 0 Å². The quantitative estimate of drug-likeness (QED) is 0.0544. The van der Waals surface area contributed by atoms with E-state index in [9.17, 15) is 30.0 Å². The van der Waals surface area contributed by atoms with Gasteiger partial charge in [0.15, 0.2) is 34.5 Å². The van der Waals surface area contributed by atoms with E-state index in [1.54, 1.807) is 24.3 Å². The van der Waals surface area contributed by atoms with Crippen LogP contribution >= 0.6 is 67.9 Å². The average Bonchev–Trinajstić information content (AvgIpc) is 3.74. The Morgan fingerprint density at radius 2 is 1.02 bits per heavy atom. The number of aryl methyl sites for hydroxylation is 2. The lowest BCUT2D eigenvalue weighted by Crippen LogP contribution is -2.07. The molecule has 0 aliphatic rings. The van der Waals surface area contributed by atoms with Crippen molar-refractivity contribution < 1.29 is 39.5 Å². The monoisotopic (exact) mass is 936 g/mol. The highest BCUT2D eigenvalue weighted by Gasteiger charge is 2.18. The van der Waals surface area contributed by atoms with Crippen LogP contribution in [0.4, 0.5) is 0 Å². The maximum absolute atomic E-state index is 11.4. The van der Waals surface area contributed by atoms with E-state index in [-0.39, 0.29) is 34.5 Å². The summed E-state index contributed by atoms with van der Waals surface area (Å²) >= 11 is 7.04. The Balaban J connectivity index is 0.000000200. The van der Waals surface area contributed by atoms with Gasteiger partial charge in [0.2, 0.25) is 0 Å². The lowest BCUT2D eigenvalue weighted by molar-refractivity contribution is -0.134. The summed E-state index contributed by atoms with van der Waals surface area (Å²) in [5, 5.41) is 57.3. The molecule has 0 unspecified atom stereocenters. The summed E-state index contributed by atoms with van der Waals surface area (Å²) in [6.07, 6.45) is 0. The van der Waals surface area contributed by atoms with Crippen molar-refractivity contribution in [2.75, 3.05) is 0 Å². The minimum Gasteiger partial charge on any atom is -0.504 e. The minimum atomic E-state index is -0.506. The number of ether oxygens (including phenoxy) is 2. The summed E-state index contributed by atoms with van der Waals surface area (Å²) in [5.74, 6) is -1.51. The van der Waals surface area contributed by atoms with Crippen LogP contribution in [0.3, 0.4) is 0 Å². The van der Waals surface area contributed by atoms with E-state index in [1.807, 2.05) is 22.6 Å². The Morgan fingerprint density at radius 1 is 0.560 bits per heavy atom. The molecule has 50 heavy (non-hydrogen) atoms.